The summed E-state index contributed by atoms with van der Waals surface area (Å²) in [4.78, 5) is 1.34. The van der Waals surface area contributed by atoms with E-state index in [1.807, 2.05) is 6.07 Å². The quantitative estimate of drug-likeness (QED) is 0.920. The van der Waals surface area contributed by atoms with E-state index in [-0.39, 0.29) is 0 Å². The van der Waals surface area contributed by atoms with Crippen LogP contribution in [0.4, 0.5) is 0 Å². The predicted molar refractivity (Wildman–Crippen MR) is 66.0 cm³/mol. The molecule has 0 amide bonds. The minimum Gasteiger partial charge on any atom is -0.472 e. The van der Waals surface area contributed by atoms with Gasteiger partial charge in [0.2, 0.25) is 0 Å². The van der Waals surface area contributed by atoms with Gasteiger partial charge in [-0.15, -0.1) is 11.3 Å². The van der Waals surface area contributed by atoms with E-state index >= 15 is 0 Å². The normalized spacial score (nSPS) is 12.9. The van der Waals surface area contributed by atoms with Gasteiger partial charge in [0.25, 0.3) is 0 Å². The van der Waals surface area contributed by atoms with Crippen LogP contribution in [0, 0.1) is 0 Å². The highest BCUT2D eigenvalue weighted by Gasteiger charge is 2.07. The Balaban J connectivity index is 1.90. The standard InChI is InChI=1S/C11H12BrNOS/c1-8(10-2-3-11(12)15-10)13-6-9-4-5-14-7-9/h2-5,7-8,13H,6H2,1H3. The molecule has 4 heteroatoms. The van der Waals surface area contributed by atoms with Crippen molar-refractivity contribution in [2.75, 3.05) is 0 Å². The lowest BCUT2D eigenvalue weighted by atomic mass is 10.2. The Hall–Kier alpha value is -0.580. The number of halogens is 1. The molecule has 2 aromatic rings. The van der Waals surface area contributed by atoms with Crippen LogP contribution >= 0.6 is 27.3 Å². The second-order valence-electron chi connectivity index (χ2n) is 3.38. The molecule has 80 valence electrons. The van der Waals surface area contributed by atoms with Gasteiger partial charge >= 0.3 is 0 Å². The van der Waals surface area contributed by atoms with E-state index in [9.17, 15) is 0 Å². The van der Waals surface area contributed by atoms with Crippen molar-refractivity contribution >= 4 is 27.3 Å². The first kappa shape index (κ1) is 10.9. The highest BCUT2D eigenvalue weighted by Crippen LogP contribution is 2.27. The van der Waals surface area contributed by atoms with Gasteiger partial charge in [0.1, 0.15) is 0 Å². The first-order chi connectivity index (χ1) is 7.25. The molecule has 0 aromatic carbocycles. The molecule has 0 fully saturated rings. The van der Waals surface area contributed by atoms with Gasteiger partial charge in [-0.1, -0.05) is 0 Å². The molecule has 1 atom stereocenters. The Morgan fingerprint density at radius 2 is 2.33 bits per heavy atom. The average molecular weight is 286 g/mol. The van der Waals surface area contributed by atoms with Crippen LogP contribution in [0.15, 0.2) is 38.9 Å². The van der Waals surface area contributed by atoms with Gasteiger partial charge in [-0.2, -0.15) is 0 Å². The third kappa shape index (κ3) is 2.93. The fraction of sp³-hybridized carbons (Fsp3) is 0.273. The summed E-state index contributed by atoms with van der Waals surface area (Å²) in [5, 5.41) is 3.44. The van der Waals surface area contributed by atoms with Crippen LogP contribution in [0.25, 0.3) is 0 Å². The van der Waals surface area contributed by atoms with Crippen LogP contribution in [-0.2, 0) is 6.54 Å². The zero-order chi connectivity index (χ0) is 10.7. The maximum atomic E-state index is 5.01. The third-order valence-corrected chi connectivity index (χ3v) is 4.02. The van der Waals surface area contributed by atoms with E-state index in [1.54, 1.807) is 23.9 Å². The molecule has 0 aliphatic carbocycles. The fourth-order valence-corrected chi connectivity index (χ4v) is 2.78. The smallest absolute Gasteiger partial charge is 0.0947 e. The number of rotatable bonds is 4. The van der Waals surface area contributed by atoms with Gasteiger partial charge in [-0.3, -0.25) is 0 Å². The van der Waals surface area contributed by atoms with E-state index in [1.165, 1.54) is 14.2 Å². The number of nitrogens with one attached hydrogen (secondary N) is 1. The van der Waals surface area contributed by atoms with Crippen LogP contribution < -0.4 is 5.32 Å². The van der Waals surface area contributed by atoms with Crippen molar-refractivity contribution in [1.82, 2.24) is 5.32 Å². The lowest BCUT2D eigenvalue weighted by Crippen LogP contribution is -2.16. The van der Waals surface area contributed by atoms with E-state index < -0.39 is 0 Å². The molecule has 15 heavy (non-hydrogen) atoms. The van der Waals surface area contributed by atoms with E-state index in [0.717, 1.165) is 6.54 Å². The Morgan fingerprint density at radius 1 is 1.47 bits per heavy atom. The molecule has 2 nitrogen and oxygen atoms in total. The van der Waals surface area contributed by atoms with E-state index in [4.69, 9.17) is 4.42 Å². The number of hydrogen-bond acceptors (Lipinski definition) is 3. The van der Waals surface area contributed by atoms with Gasteiger partial charge in [-0.05, 0) is 41.1 Å². The molecule has 0 radical (unpaired) electrons. The minimum atomic E-state index is 0.371. The molecule has 1 unspecified atom stereocenters. The van der Waals surface area contributed by atoms with Crippen molar-refractivity contribution in [1.29, 1.82) is 0 Å². The highest BCUT2D eigenvalue weighted by molar-refractivity contribution is 9.11. The lowest BCUT2D eigenvalue weighted by molar-refractivity contribution is 0.549. The Morgan fingerprint density at radius 3 is 2.93 bits per heavy atom. The molecule has 0 saturated carbocycles. The SMILES string of the molecule is CC(NCc1ccoc1)c1ccc(Br)s1. The minimum absolute atomic E-state index is 0.371. The second-order valence-corrected chi connectivity index (χ2v) is 5.87. The van der Waals surface area contributed by atoms with Crippen molar-refractivity contribution in [2.24, 2.45) is 0 Å². The Bertz CT molecular complexity index is 410. The topological polar surface area (TPSA) is 25.2 Å². The number of hydrogen-bond donors (Lipinski definition) is 1. The molecular formula is C11H12BrNOS. The van der Waals surface area contributed by atoms with Gasteiger partial charge in [0.15, 0.2) is 0 Å². The second kappa shape index (κ2) is 4.96. The fourth-order valence-electron chi connectivity index (χ4n) is 1.33. The van der Waals surface area contributed by atoms with Crippen LogP contribution in [0.2, 0.25) is 0 Å². The van der Waals surface area contributed by atoms with Crippen molar-refractivity contribution in [3.63, 3.8) is 0 Å². The Labute approximate surface area is 101 Å². The maximum absolute atomic E-state index is 5.01. The first-order valence-corrected chi connectivity index (χ1v) is 6.36. The molecule has 0 saturated heterocycles. The first-order valence-electron chi connectivity index (χ1n) is 4.75. The summed E-state index contributed by atoms with van der Waals surface area (Å²) in [6.07, 6.45) is 3.47. The summed E-state index contributed by atoms with van der Waals surface area (Å²) >= 11 is 5.23. The maximum Gasteiger partial charge on any atom is 0.0947 e. The molecule has 0 bridgehead atoms. The summed E-state index contributed by atoms with van der Waals surface area (Å²) in [7, 11) is 0. The molecule has 0 aliphatic rings. The highest BCUT2D eigenvalue weighted by atomic mass is 79.9. The summed E-state index contributed by atoms with van der Waals surface area (Å²) in [5.74, 6) is 0. The van der Waals surface area contributed by atoms with Gasteiger partial charge in [0.05, 0.1) is 16.3 Å². The van der Waals surface area contributed by atoms with Crippen LogP contribution in [-0.4, -0.2) is 0 Å². The van der Waals surface area contributed by atoms with Crippen molar-refractivity contribution in [3.05, 3.63) is 45.0 Å². The summed E-state index contributed by atoms with van der Waals surface area (Å²) in [6, 6.07) is 6.57. The summed E-state index contributed by atoms with van der Waals surface area (Å²) in [6.45, 7) is 3.01. The lowest BCUT2D eigenvalue weighted by Gasteiger charge is -2.10. The zero-order valence-electron chi connectivity index (χ0n) is 8.37. The molecule has 1 N–H and O–H groups in total. The van der Waals surface area contributed by atoms with Crippen LogP contribution in [0.3, 0.4) is 0 Å². The molecule has 0 spiro atoms. The van der Waals surface area contributed by atoms with E-state index in [0.29, 0.717) is 6.04 Å². The number of thiophene rings is 1. The van der Waals surface area contributed by atoms with Crippen LogP contribution in [0.5, 0.6) is 0 Å². The van der Waals surface area contributed by atoms with Crippen molar-refractivity contribution in [3.8, 4) is 0 Å². The Kier molecular flexibility index (Phi) is 3.61. The van der Waals surface area contributed by atoms with E-state index in [2.05, 4.69) is 40.3 Å². The predicted octanol–water partition coefficient (Wildman–Crippen LogP) is 3.95. The molecular weight excluding hydrogens is 274 g/mol. The zero-order valence-corrected chi connectivity index (χ0v) is 10.8. The molecule has 0 aliphatic heterocycles. The summed E-state index contributed by atoms with van der Waals surface area (Å²) in [5.41, 5.74) is 1.18. The molecule has 2 aromatic heterocycles. The largest absolute Gasteiger partial charge is 0.472 e. The molecule has 2 rings (SSSR count). The van der Waals surface area contributed by atoms with Gasteiger partial charge < -0.3 is 9.73 Å². The van der Waals surface area contributed by atoms with Gasteiger partial charge in [0, 0.05) is 23.0 Å². The van der Waals surface area contributed by atoms with Crippen molar-refractivity contribution in [2.45, 2.75) is 19.5 Å². The number of furan rings is 1. The summed E-state index contributed by atoms with van der Waals surface area (Å²) < 4.78 is 6.19. The third-order valence-electron chi connectivity index (χ3n) is 2.21. The monoisotopic (exact) mass is 285 g/mol. The van der Waals surface area contributed by atoms with Crippen molar-refractivity contribution < 1.29 is 4.42 Å². The average Bonchev–Trinajstić information content (AvgIpc) is 2.84. The molecule has 2 heterocycles. The van der Waals surface area contributed by atoms with Gasteiger partial charge in [-0.25, -0.2) is 0 Å². The van der Waals surface area contributed by atoms with Crippen LogP contribution in [0.1, 0.15) is 23.4 Å².